The van der Waals surface area contributed by atoms with Crippen LogP contribution in [-0.4, -0.2) is 80.9 Å². The van der Waals surface area contributed by atoms with Crippen LogP contribution in [0.3, 0.4) is 0 Å². The number of piperidine rings is 2. The molecule has 3 aromatic carbocycles. The van der Waals surface area contributed by atoms with E-state index in [-0.39, 0.29) is 27.9 Å². The van der Waals surface area contributed by atoms with Crippen LogP contribution in [0.4, 0.5) is 28.1 Å². The molecule has 10 N–H and O–H groups in total. The van der Waals surface area contributed by atoms with Crippen molar-refractivity contribution in [3.05, 3.63) is 118 Å². The van der Waals surface area contributed by atoms with Gasteiger partial charge >= 0.3 is 6.09 Å². The summed E-state index contributed by atoms with van der Waals surface area (Å²) in [6.45, 7) is 15.4. The maximum atomic E-state index is 11.5. The number of halogens is 9. The van der Waals surface area contributed by atoms with E-state index < -0.39 is 5.60 Å². The van der Waals surface area contributed by atoms with E-state index in [0.29, 0.717) is 79.6 Å². The first-order valence-corrected chi connectivity index (χ1v) is 28.9. The second kappa shape index (κ2) is 31.2. The number of thiol groups is 1. The van der Waals surface area contributed by atoms with Crippen LogP contribution in [0.5, 0.6) is 0 Å². The van der Waals surface area contributed by atoms with Crippen LogP contribution in [0.2, 0.25) is 40.4 Å². The minimum Gasteiger partial charge on any atom is -0.444 e. The van der Waals surface area contributed by atoms with Crippen LogP contribution in [-0.2, 0) is 4.74 Å². The third kappa shape index (κ3) is 22.0. The van der Waals surface area contributed by atoms with Gasteiger partial charge in [-0.25, -0.2) is 34.7 Å². The Balaban J connectivity index is 0.000000216. The Kier molecular flexibility index (Phi) is 27.0. The number of ether oxygens (including phenoxy) is 1. The van der Waals surface area contributed by atoms with Crippen molar-refractivity contribution < 1.29 is 9.53 Å². The minimum atomic E-state index is -0.418. The van der Waals surface area contributed by atoms with Crippen molar-refractivity contribution in [3.8, 4) is 0 Å². The van der Waals surface area contributed by atoms with Crippen LogP contribution in [0.1, 0.15) is 60.3 Å². The number of hydrogen-bond acceptors (Lipinski definition) is 17. The number of aromatic nitrogens is 6. The summed E-state index contributed by atoms with van der Waals surface area (Å²) >= 11 is 56.4. The molecule has 0 saturated carbocycles. The normalized spacial score (nSPS) is 14.4. The van der Waals surface area contributed by atoms with Crippen molar-refractivity contribution in [2.45, 2.75) is 90.6 Å². The molecule has 0 unspecified atom stereocenters. The van der Waals surface area contributed by atoms with Crippen LogP contribution < -0.4 is 38.5 Å². The lowest BCUT2D eigenvalue weighted by atomic mass is 9.80. The monoisotopic (exact) mass is 1320 g/mol. The third-order valence-corrected chi connectivity index (χ3v) is 17.3. The molecule has 3 aromatic heterocycles. The Labute approximate surface area is 506 Å². The summed E-state index contributed by atoms with van der Waals surface area (Å²) in [7, 11) is 0. The molecule has 76 heavy (non-hydrogen) atoms. The molecule has 0 aliphatic carbocycles. The maximum Gasteiger partial charge on any atom is 0.407 e. The molecule has 5 heterocycles. The number of carbonyl (C=O) groups is 1. The molecule has 15 nitrogen and oxygen atoms in total. The topological polar surface area (TPSA) is 235 Å². The molecule has 0 radical (unpaired) electrons. The second-order valence-corrected chi connectivity index (χ2v) is 24.9. The molecule has 2 aliphatic heterocycles. The lowest BCUT2D eigenvalue weighted by Gasteiger charge is -2.39. The molecule has 2 fully saturated rings. The van der Waals surface area contributed by atoms with Crippen molar-refractivity contribution >= 4 is 174 Å². The molecular weight excluding hydrogens is 1260 g/mol. The molecule has 1 amide bonds. The van der Waals surface area contributed by atoms with Gasteiger partial charge in [-0.2, -0.15) is 0 Å². The summed E-state index contributed by atoms with van der Waals surface area (Å²) in [5, 5.41) is 10.9. The van der Waals surface area contributed by atoms with Gasteiger partial charge in [-0.05, 0) is 129 Å². The molecule has 2 saturated heterocycles. The SMILES string of the molecule is CC1(CN)CCN(c2cnc(Sc3cccc(Cl)c3Cl)c(N)n2)CC1.CC1(CNC(=O)OC(C)(C)C)CCNCC1.Nc1nc(Cl)cnc1Br.Nc1nc(Cl)cnc1Sc1cccc(Cl)c1Cl.Sc1cccc(Cl)c1Cl. The largest absolute Gasteiger partial charge is 0.444 e. The van der Waals surface area contributed by atoms with E-state index in [1.165, 1.54) is 35.9 Å². The molecule has 2 aliphatic rings. The fraction of sp³-hybridized carbons (Fsp3) is 0.367. The Hall–Kier alpha value is -2.86. The number of nitrogens with zero attached hydrogens (tertiary/aromatic N) is 7. The second-order valence-electron chi connectivity index (χ2n) is 18.5. The van der Waals surface area contributed by atoms with Crippen molar-refractivity contribution in [2.75, 3.05) is 61.4 Å². The van der Waals surface area contributed by atoms with E-state index in [9.17, 15) is 4.79 Å². The molecule has 412 valence electrons. The highest BCUT2D eigenvalue weighted by molar-refractivity contribution is 9.10. The highest BCUT2D eigenvalue weighted by atomic mass is 79.9. The number of nitrogen functional groups attached to an aromatic ring is 3. The summed E-state index contributed by atoms with van der Waals surface area (Å²) in [5.74, 6) is 1.77. The average Bonchev–Trinajstić information content (AvgIpc) is 3.36. The van der Waals surface area contributed by atoms with Gasteiger partial charge < -0.3 is 43.2 Å². The van der Waals surface area contributed by atoms with E-state index in [4.69, 9.17) is 120 Å². The zero-order chi connectivity index (χ0) is 56.4. The quantitative estimate of drug-likeness (QED) is 0.0702. The van der Waals surface area contributed by atoms with Crippen molar-refractivity contribution in [3.63, 3.8) is 0 Å². The standard InChI is InChI=1S/C17H21Cl2N5S.C12H24N2O2.C10H6Cl3N3S.C6H4Cl2S.C4H3BrClN3/c1-17(10-20)5-7-24(8-6-17)13-9-22-16(15(21)23-13)25-12-4-2-3-11(18)14(12)19;1-11(2,3)16-10(15)14-9-12(4)5-7-13-8-6-12;11-5-2-1-3-6(8(5)13)17-10-9(14)16-7(12)4-15-10;7-4-2-1-3-5(9)6(4)8;5-3-4(7)9-2(6)1-8-3/h2-4,9H,5-8,10,20H2,1H3,(H2,21,23);13H,5-9H2,1-4H3,(H,14,15);1-4H,(H2,14,16);1-3,9H;1H,(H2,7,9). The third-order valence-electron chi connectivity index (χ3n) is 11.0. The molecule has 6 aromatic rings. The van der Waals surface area contributed by atoms with Gasteiger partial charge in [0.05, 0.1) is 48.7 Å². The van der Waals surface area contributed by atoms with E-state index in [1.54, 1.807) is 42.6 Å². The van der Waals surface area contributed by atoms with Gasteiger partial charge in [0, 0.05) is 34.3 Å². The van der Waals surface area contributed by atoms with Crippen LogP contribution in [0.15, 0.2) is 103 Å². The summed E-state index contributed by atoms with van der Waals surface area (Å²) in [6, 6.07) is 16.1. The molecule has 0 atom stereocenters. The van der Waals surface area contributed by atoms with E-state index >= 15 is 0 Å². The summed E-state index contributed by atoms with van der Waals surface area (Å²) < 4.78 is 5.73. The first-order valence-electron chi connectivity index (χ1n) is 23.1. The van der Waals surface area contributed by atoms with E-state index in [2.05, 4.69) is 87.8 Å². The Morgan fingerprint density at radius 3 is 1.63 bits per heavy atom. The van der Waals surface area contributed by atoms with Crippen molar-refractivity contribution in [1.82, 2.24) is 40.5 Å². The number of hydrogen-bond donors (Lipinski definition) is 7. The fourth-order valence-corrected chi connectivity index (χ4v) is 10.1. The Bertz CT molecular complexity index is 2850. The van der Waals surface area contributed by atoms with Crippen LogP contribution >= 0.6 is 145 Å². The number of alkyl carbamates (subject to hydrolysis) is 1. The zero-order valence-electron chi connectivity index (χ0n) is 41.9. The fourth-order valence-electron chi connectivity index (χ4n) is 6.54. The van der Waals surface area contributed by atoms with Gasteiger partial charge in [0.25, 0.3) is 0 Å². The van der Waals surface area contributed by atoms with Gasteiger partial charge in [0.15, 0.2) is 17.5 Å². The average molecular weight is 1320 g/mol. The number of benzene rings is 3. The number of anilines is 4. The maximum absolute atomic E-state index is 11.5. The van der Waals surface area contributed by atoms with Crippen LogP contribution in [0.25, 0.3) is 0 Å². The van der Waals surface area contributed by atoms with Gasteiger partial charge in [-0.15, -0.1) is 12.6 Å². The first kappa shape index (κ1) is 65.7. The van der Waals surface area contributed by atoms with Crippen LogP contribution in [0, 0.1) is 10.8 Å². The molecule has 8 rings (SSSR count). The lowest BCUT2D eigenvalue weighted by molar-refractivity contribution is 0.0493. The number of amides is 1. The Morgan fingerprint density at radius 1 is 0.711 bits per heavy atom. The van der Waals surface area contributed by atoms with Gasteiger partial charge in [0.2, 0.25) is 0 Å². The van der Waals surface area contributed by atoms with Crippen molar-refractivity contribution in [1.29, 1.82) is 0 Å². The first-order chi connectivity index (χ1) is 35.7. The minimum absolute atomic E-state index is 0.210. The lowest BCUT2D eigenvalue weighted by Crippen LogP contribution is -2.44. The number of carbonyl (C=O) groups excluding carboxylic acids is 1. The molecular formula is C49H58BrCl8N13O2S3. The summed E-state index contributed by atoms with van der Waals surface area (Å²) in [4.78, 5) is 40.5. The highest BCUT2D eigenvalue weighted by Gasteiger charge is 2.30. The smallest absolute Gasteiger partial charge is 0.407 e. The predicted octanol–water partition coefficient (Wildman–Crippen LogP) is 14.9. The number of nitrogens with one attached hydrogen (secondary N) is 2. The Morgan fingerprint density at radius 2 is 1.18 bits per heavy atom. The van der Waals surface area contributed by atoms with E-state index in [1.807, 2.05) is 39.0 Å². The van der Waals surface area contributed by atoms with Gasteiger partial charge in [0.1, 0.15) is 36.4 Å². The highest BCUT2D eigenvalue weighted by Crippen LogP contribution is 2.40. The zero-order valence-corrected chi connectivity index (χ0v) is 52.1. The predicted molar refractivity (Wildman–Crippen MR) is 325 cm³/mol. The van der Waals surface area contributed by atoms with Gasteiger partial charge in [-0.3, -0.25) is 0 Å². The summed E-state index contributed by atoms with van der Waals surface area (Å²) in [6.07, 6.45) is 8.58. The molecule has 0 bridgehead atoms. The van der Waals surface area contributed by atoms with E-state index in [0.717, 1.165) is 67.5 Å². The molecule has 27 heteroatoms. The van der Waals surface area contributed by atoms with Crippen molar-refractivity contribution in [2.24, 2.45) is 16.6 Å². The molecule has 0 spiro atoms. The summed E-state index contributed by atoms with van der Waals surface area (Å²) in [5.41, 5.74) is 23.0. The van der Waals surface area contributed by atoms with Gasteiger partial charge in [-0.1, -0.05) is 148 Å². The number of nitrogens with two attached hydrogens (primary N) is 4. The number of rotatable bonds is 8.